The molecule has 0 radical (unpaired) electrons. The summed E-state index contributed by atoms with van der Waals surface area (Å²) in [5, 5.41) is 4.72. The van der Waals surface area contributed by atoms with Crippen molar-refractivity contribution in [2.24, 2.45) is 0 Å². The number of rotatable bonds is 5. The molecule has 152 valence electrons. The third-order valence-electron chi connectivity index (χ3n) is 5.00. The second-order valence-corrected chi connectivity index (χ2v) is 8.16. The number of carbonyl (C=O) groups is 1. The molecule has 1 aromatic carbocycles. The zero-order valence-electron chi connectivity index (χ0n) is 16.8. The number of piperidine rings is 1. The van der Waals surface area contributed by atoms with Crippen molar-refractivity contribution in [3.05, 3.63) is 46.6 Å². The van der Waals surface area contributed by atoms with Crippen molar-refractivity contribution in [1.82, 2.24) is 20.0 Å². The highest BCUT2D eigenvalue weighted by atomic mass is 32.1. The van der Waals surface area contributed by atoms with Crippen LogP contribution in [0.4, 0.5) is 0 Å². The maximum Gasteiger partial charge on any atom is 0.265 e. The van der Waals surface area contributed by atoms with Gasteiger partial charge in [0.05, 0.1) is 18.2 Å². The number of thiazole rings is 1. The summed E-state index contributed by atoms with van der Waals surface area (Å²) in [7, 11) is 0. The fourth-order valence-corrected chi connectivity index (χ4v) is 4.60. The zero-order chi connectivity index (χ0) is 20.4. The molecule has 2 aromatic heterocycles. The molecule has 29 heavy (non-hydrogen) atoms. The molecule has 4 rings (SSSR count). The van der Waals surface area contributed by atoms with Crippen molar-refractivity contribution in [3.63, 3.8) is 0 Å². The molecule has 0 bridgehead atoms. The van der Waals surface area contributed by atoms with Gasteiger partial charge in [-0.2, -0.15) is 4.98 Å². The lowest BCUT2D eigenvalue weighted by atomic mass is 9.98. The van der Waals surface area contributed by atoms with Gasteiger partial charge in [0.15, 0.2) is 5.82 Å². The van der Waals surface area contributed by atoms with E-state index in [1.165, 1.54) is 11.3 Å². The smallest absolute Gasteiger partial charge is 0.265 e. The topological polar surface area (TPSA) is 81.4 Å². The molecule has 7 nitrogen and oxygen atoms in total. The number of hydrogen-bond donors (Lipinski definition) is 0. The monoisotopic (exact) mass is 412 g/mol. The normalized spacial score (nSPS) is 16.8. The Kier molecular flexibility index (Phi) is 5.62. The fraction of sp³-hybridized carbons (Fsp3) is 0.429. The third-order valence-corrected chi connectivity index (χ3v) is 6.20. The predicted octanol–water partition coefficient (Wildman–Crippen LogP) is 4.23. The van der Waals surface area contributed by atoms with Crippen LogP contribution in [0, 0.1) is 13.8 Å². The van der Waals surface area contributed by atoms with Gasteiger partial charge in [-0.25, -0.2) is 4.98 Å². The molecule has 3 heterocycles. The minimum Gasteiger partial charge on any atom is -0.494 e. The summed E-state index contributed by atoms with van der Waals surface area (Å²) in [5.74, 6) is 2.19. The van der Waals surface area contributed by atoms with Crippen LogP contribution in [0.3, 0.4) is 0 Å². The lowest BCUT2D eigenvalue weighted by Crippen LogP contribution is -2.39. The Morgan fingerprint density at radius 1 is 1.28 bits per heavy atom. The molecular weight excluding hydrogens is 388 g/mol. The van der Waals surface area contributed by atoms with Gasteiger partial charge in [0.2, 0.25) is 5.89 Å². The van der Waals surface area contributed by atoms with E-state index in [-0.39, 0.29) is 11.8 Å². The van der Waals surface area contributed by atoms with Crippen LogP contribution in [0.15, 0.2) is 28.8 Å². The third kappa shape index (κ3) is 4.17. The molecule has 1 fully saturated rings. The van der Waals surface area contributed by atoms with Crippen LogP contribution in [0.1, 0.15) is 52.8 Å². The summed E-state index contributed by atoms with van der Waals surface area (Å²) >= 11 is 1.44. The van der Waals surface area contributed by atoms with Crippen molar-refractivity contribution in [1.29, 1.82) is 0 Å². The number of ether oxygens (including phenoxy) is 1. The highest BCUT2D eigenvalue weighted by molar-refractivity contribution is 7.17. The summed E-state index contributed by atoms with van der Waals surface area (Å²) in [6, 6.07) is 7.82. The first-order chi connectivity index (χ1) is 14.0. The van der Waals surface area contributed by atoms with Crippen LogP contribution in [0.2, 0.25) is 0 Å². The molecular formula is C21H24N4O3S. The van der Waals surface area contributed by atoms with E-state index < -0.39 is 0 Å². The van der Waals surface area contributed by atoms with Gasteiger partial charge < -0.3 is 14.2 Å². The van der Waals surface area contributed by atoms with Crippen molar-refractivity contribution in [3.8, 4) is 16.3 Å². The molecule has 0 spiro atoms. The maximum atomic E-state index is 13.2. The predicted molar refractivity (Wildman–Crippen MR) is 110 cm³/mol. The first kappa shape index (κ1) is 19.6. The Labute approximate surface area is 173 Å². The van der Waals surface area contributed by atoms with Crippen LogP contribution in [0.25, 0.3) is 10.6 Å². The molecule has 1 amide bonds. The SMILES string of the molecule is CCOc1ccc(-c2nc(C)c(C(=O)N3CCCC(c4nc(C)no4)C3)s2)cc1. The lowest BCUT2D eigenvalue weighted by Gasteiger charge is -2.30. The molecule has 0 aliphatic carbocycles. The number of nitrogens with zero attached hydrogens (tertiary/aromatic N) is 4. The van der Waals surface area contributed by atoms with E-state index >= 15 is 0 Å². The van der Waals surface area contributed by atoms with Crippen LogP contribution in [-0.2, 0) is 0 Å². The first-order valence-electron chi connectivity index (χ1n) is 9.85. The quantitative estimate of drug-likeness (QED) is 0.624. The van der Waals surface area contributed by atoms with E-state index in [2.05, 4.69) is 15.1 Å². The largest absolute Gasteiger partial charge is 0.494 e. The number of aromatic nitrogens is 3. The standard InChI is InChI=1S/C21H24N4O3S/c1-4-27-17-9-7-15(8-10-17)20-22-13(2)18(29-20)21(26)25-11-5-6-16(12-25)19-23-14(3)24-28-19/h7-10,16H,4-6,11-12H2,1-3H3. The second kappa shape index (κ2) is 8.32. The molecule has 0 N–H and O–H groups in total. The van der Waals surface area contributed by atoms with E-state index in [4.69, 9.17) is 9.26 Å². The van der Waals surface area contributed by atoms with E-state index in [1.807, 2.05) is 49.9 Å². The Morgan fingerprint density at radius 2 is 2.07 bits per heavy atom. The number of benzene rings is 1. The average molecular weight is 413 g/mol. The van der Waals surface area contributed by atoms with Gasteiger partial charge in [-0.15, -0.1) is 11.3 Å². The van der Waals surface area contributed by atoms with Crippen LogP contribution >= 0.6 is 11.3 Å². The average Bonchev–Trinajstić information content (AvgIpc) is 3.34. The summed E-state index contributed by atoms with van der Waals surface area (Å²) in [5.41, 5.74) is 1.75. The summed E-state index contributed by atoms with van der Waals surface area (Å²) < 4.78 is 10.8. The fourth-order valence-electron chi connectivity index (χ4n) is 3.56. The van der Waals surface area contributed by atoms with Gasteiger partial charge in [0.25, 0.3) is 5.91 Å². The van der Waals surface area contributed by atoms with Crippen molar-refractivity contribution >= 4 is 17.2 Å². The van der Waals surface area contributed by atoms with Gasteiger partial charge >= 0.3 is 0 Å². The number of aryl methyl sites for hydroxylation is 2. The highest BCUT2D eigenvalue weighted by Crippen LogP contribution is 2.32. The lowest BCUT2D eigenvalue weighted by molar-refractivity contribution is 0.0699. The number of hydrogen-bond acceptors (Lipinski definition) is 7. The summed E-state index contributed by atoms with van der Waals surface area (Å²) in [6.07, 6.45) is 1.87. The zero-order valence-corrected chi connectivity index (χ0v) is 17.7. The summed E-state index contributed by atoms with van der Waals surface area (Å²) in [4.78, 5) is 24.8. The molecule has 3 aromatic rings. The van der Waals surface area contributed by atoms with E-state index in [0.29, 0.717) is 29.7 Å². The molecule has 0 saturated carbocycles. The number of carbonyl (C=O) groups excluding carboxylic acids is 1. The van der Waals surface area contributed by atoms with E-state index in [1.54, 1.807) is 0 Å². The van der Waals surface area contributed by atoms with Crippen molar-refractivity contribution in [2.45, 2.75) is 39.5 Å². The molecule has 1 saturated heterocycles. The molecule has 1 atom stereocenters. The number of amides is 1. The Balaban J connectivity index is 1.51. The maximum absolute atomic E-state index is 13.2. The van der Waals surface area contributed by atoms with E-state index in [0.717, 1.165) is 41.4 Å². The van der Waals surface area contributed by atoms with E-state index in [9.17, 15) is 4.79 Å². The summed E-state index contributed by atoms with van der Waals surface area (Å²) in [6.45, 7) is 7.62. The van der Waals surface area contributed by atoms with Gasteiger partial charge in [0.1, 0.15) is 15.6 Å². The van der Waals surface area contributed by atoms with Crippen molar-refractivity contribution in [2.75, 3.05) is 19.7 Å². The Morgan fingerprint density at radius 3 is 2.76 bits per heavy atom. The Bertz CT molecular complexity index is 996. The van der Waals surface area contributed by atoms with Gasteiger partial charge in [0, 0.05) is 18.7 Å². The molecule has 8 heteroatoms. The highest BCUT2D eigenvalue weighted by Gasteiger charge is 2.30. The van der Waals surface area contributed by atoms with Gasteiger partial charge in [-0.1, -0.05) is 5.16 Å². The molecule has 1 aliphatic heterocycles. The van der Waals surface area contributed by atoms with Gasteiger partial charge in [-0.3, -0.25) is 4.79 Å². The molecule has 1 unspecified atom stereocenters. The second-order valence-electron chi connectivity index (χ2n) is 7.16. The van der Waals surface area contributed by atoms with Crippen LogP contribution in [0.5, 0.6) is 5.75 Å². The molecule has 1 aliphatic rings. The number of likely N-dealkylation sites (tertiary alicyclic amines) is 1. The van der Waals surface area contributed by atoms with Crippen LogP contribution in [-0.4, -0.2) is 45.6 Å². The minimum absolute atomic E-state index is 0.0260. The Hall–Kier alpha value is -2.74. The van der Waals surface area contributed by atoms with Crippen LogP contribution < -0.4 is 4.74 Å². The minimum atomic E-state index is 0.0260. The first-order valence-corrected chi connectivity index (χ1v) is 10.7. The van der Waals surface area contributed by atoms with Gasteiger partial charge in [-0.05, 0) is 57.9 Å². The van der Waals surface area contributed by atoms with Crippen molar-refractivity contribution < 1.29 is 14.1 Å².